The first-order valence-electron chi connectivity index (χ1n) is 7.43. The molecule has 0 bridgehead atoms. The number of carbonyl (C=O) groups is 1. The van der Waals surface area contributed by atoms with Gasteiger partial charge in [0.05, 0.1) is 0 Å². The van der Waals surface area contributed by atoms with E-state index in [9.17, 15) is 9.90 Å². The Morgan fingerprint density at radius 1 is 1.33 bits per heavy atom. The Labute approximate surface area is 125 Å². The Kier molecular flexibility index (Phi) is 3.29. The zero-order chi connectivity index (χ0) is 15.2. The van der Waals surface area contributed by atoms with Crippen molar-refractivity contribution in [2.45, 2.75) is 33.3 Å². The van der Waals surface area contributed by atoms with Crippen molar-refractivity contribution in [3.8, 4) is 0 Å². The number of anilines is 2. The van der Waals surface area contributed by atoms with Crippen molar-refractivity contribution < 1.29 is 9.90 Å². The zero-order valence-electron chi connectivity index (χ0n) is 12.8. The number of hydrogen-bond donors (Lipinski definition) is 2. The summed E-state index contributed by atoms with van der Waals surface area (Å²) in [7, 11) is 0. The molecule has 2 aliphatic heterocycles. The lowest BCUT2D eigenvalue weighted by atomic mass is 9.83. The third kappa shape index (κ3) is 2.56. The van der Waals surface area contributed by atoms with Gasteiger partial charge in [-0.05, 0) is 24.0 Å². The van der Waals surface area contributed by atoms with Gasteiger partial charge in [0.15, 0.2) is 6.10 Å². The highest BCUT2D eigenvalue weighted by Gasteiger charge is 2.29. The second kappa shape index (κ2) is 4.88. The van der Waals surface area contributed by atoms with E-state index in [1.54, 1.807) is 0 Å². The Hall–Kier alpha value is -1.81. The SMILES string of the molecule is CC(C)(C)C1=CCN(c2ccc3c(c2)NC(=O)C3O)CC1. The van der Waals surface area contributed by atoms with E-state index in [2.05, 4.69) is 37.1 Å². The maximum Gasteiger partial charge on any atom is 0.257 e. The van der Waals surface area contributed by atoms with Crippen LogP contribution in [0.2, 0.25) is 0 Å². The van der Waals surface area contributed by atoms with Crippen molar-refractivity contribution in [1.29, 1.82) is 0 Å². The molecule has 0 fully saturated rings. The minimum atomic E-state index is -1.03. The van der Waals surface area contributed by atoms with Crippen molar-refractivity contribution in [2.24, 2.45) is 5.41 Å². The molecule has 0 radical (unpaired) electrons. The molecule has 4 heteroatoms. The molecule has 4 nitrogen and oxygen atoms in total. The van der Waals surface area contributed by atoms with Crippen molar-refractivity contribution in [3.63, 3.8) is 0 Å². The second-order valence-electron chi connectivity index (χ2n) is 6.84. The Balaban J connectivity index is 1.80. The van der Waals surface area contributed by atoms with E-state index in [1.807, 2.05) is 18.2 Å². The molecule has 2 aliphatic rings. The van der Waals surface area contributed by atoms with Gasteiger partial charge in [0, 0.05) is 30.0 Å². The molecule has 1 unspecified atom stereocenters. The summed E-state index contributed by atoms with van der Waals surface area (Å²) in [5.74, 6) is -0.337. The molecule has 1 aromatic carbocycles. The van der Waals surface area contributed by atoms with Crippen molar-refractivity contribution in [2.75, 3.05) is 23.3 Å². The molecule has 0 spiro atoms. The van der Waals surface area contributed by atoms with Gasteiger partial charge < -0.3 is 15.3 Å². The normalized spacial score (nSPS) is 21.9. The average molecular weight is 286 g/mol. The molecule has 0 saturated heterocycles. The topological polar surface area (TPSA) is 52.6 Å². The third-order valence-electron chi connectivity index (χ3n) is 4.38. The highest BCUT2D eigenvalue weighted by molar-refractivity contribution is 6.02. The average Bonchev–Trinajstić information content (AvgIpc) is 2.73. The van der Waals surface area contributed by atoms with Crippen LogP contribution in [0.5, 0.6) is 0 Å². The van der Waals surface area contributed by atoms with Crippen LogP contribution in [0.1, 0.15) is 38.9 Å². The lowest BCUT2D eigenvalue weighted by Crippen LogP contribution is -2.31. The summed E-state index contributed by atoms with van der Waals surface area (Å²) in [6.07, 6.45) is 2.35. The molecular weight excluding hydrogens is 264 g/mol. The molecule has 2 N–H and O–H groups in total. The molecule has 21 heavy (non-hydrogen) atoms. The fraction of sp³-hybridized carbons (Fsp3) is 0.471. The summed E-state index contributed by atoms with van der Waals surface area (Å²) in [6, 6.07) is 5.79. The number of amides is 1. The van der Waals surface area contributed by atoms with Gasteiger partial charge in [-0.25, -0.2) is 0 Å². The molecule has 1 amide bonds. The van der Waals surface area contributed by atoms with E-state index >= 15 is 0 Å². The van der Waals surface area contributed by atoms with Crippen LogP contribution < -0.4 is 10.2 Å². The first-order valence-corrected chi connectivity index (χ1v) is 7.43. The smallest absolute Gasteiger partial charge is 0.257 e. The van der Waals surface area contributed by atoms with Crippen LogP contribution >= 0.6 is 0 Å². The third-order valence-corrected chi connectivity index (χ3v) is 4.38. The number of carbonyl (C=O) groups excluding carboxylic acids is 1. The second-order valence-corrected chi connectivity index (χ2v) is 6.84. The summed E-state index contributed by atoms with van der Waals surface area (Å²) < 4.78 is 0. The molecule has 1 atom stereocenters. The fourth-order valence-corrected chi connectivity index (χ4v) is 3.01. The maximum atomic E-state index is 11.5. The number of fused-ring (bicyclic) bond motifs is 1. The highest BCUT2D eigenvalue weighted by Crippen LogP contribution is 2.36. The van der Waals surface area contributed by atoms with Gasteiger partial charge in [-0.3, -0.25) is 4.79 Å². The number of rotatable bonds is 1. The Bertz CT molecular complexity index is 614. The minimum absolute atomic E-state index is 0.238. The molecular formula is C17H22N2O2. The Morgan fingerprint density at radius 3 is 2.71 bits per heavy atom. The molecule has 1 aromatic rings. The van der Waals surface area contributed by atoms with Gasteiger partial charge in [-0.1, -0.05) is 38.5 Å². The van der Waals surface area contributed by atoms with Crippen molar-refractivity contribution in [3.05, 3.63) is 35.4 Å². The number of aliphatic hydroxyl groups excluding tert-OH is 1. The van der Waals surface area contributed by atoms with Crippen LogP contribution in [0.3, 0.4) is 0 Å². The number of nitrogens with one attached hydrogen (secondary N) is 1. The summed E-state index contributed by atoms with van der Waals surface area (Å²) in [6.45, 7) is 8.63. The monoisotopic (exact) mass is 286 g/mol. The quantitative estimate of drug-likeness (QED) is 0.781. The summed E-state index contributed by atoms with van der Waals surface area (Å²) in [5.41, 5.74) is 4.24. The number of benzene rings is 1. The minimum Gasteiger partial charge on any atom is -0.378 e. The zero-order valence-corrected chi connectivity index (χ0v) is 12.8. The first kappa shape index (κ1) is 14.1. The Morgan fingerprint density at radius 2 is 2.10 bits per heavy atom. The number of aliphatic hydroxyl groups is 1. The van der Waals surface area contributed by atoms with E-state index in [4.69, 9.17) is 0 Å². The van der Waals surface area contributed by atoms with E-state index < -0.39 is 6.10 Å². The van der Waals surface area contributed by atoms with Gasteiger partial charge in [0.2, 0.25) is 0 Å². The van der Waals surface area contributed by atoms with Crippen LogP contribution in [-0.2, 0) is 4.79 Å². The van der Waals surface area contributed by atoms with Gasteiger partial charge in [-0.15, -0.1) is 0 Å². The molecule has 3 rings (SSSR count). The largest absolute Gasteiger partial charge is 0.378 e. The van der Waals surface area contributed by atoms with Crippen LogP contribution in [0.4, 0.5) is 11.4 Å². The van der Waals surface area contributed by atoms with Gasteiger partial charge in [0.1, 0.15) is 0 Å². The summed E-state index contributed by atoms with van der Waals surface area (Å²) in [5, 5.41) is 12.5. The lowest BCUT2D eigenvalue weighted by molar-refractivity contribution is -0.123. The predicted molar refractivity (Wildman–Crippen MR) is 84.4 cm³/mol. The fourth-order valence-electron chi connectivity index (χ4n) is 3.01. The number of nitrogens with zero attached hydrogens (tertiary/aromatic N) is 1. The van der Waals surface area contributed by atoms with Crippen molar-refractivity contribution >= 4 is 17.3 Å². The lowest BCUT2D eigenvalue weighted by Gasteiger charge is -2.33. The van der Waals surface area contributed by atoms with Gasteiger partial charge in [0.25, 0.3) is 5.91 Å². The maximum absolute atomic E-state index is 11.5. The standard InChI is InChI=1S/C17H22N2O2/c1-17(2,3)11-6-8-19(9-7-11)12-4-5-13-14(10-12)18-16(21)15(13)20/h4-6,10,15,20H,7-9H2,1-3H3,(H,18,21). The first-order chi connectivity index (χ1) is 9.86. The molecule has 0 aliphatic carbocycles. The van der Waals surface area contributed by atoms with E-state index in [0.29, 0.717) is 5.56 Å². The molecule has 0 saturated carbocycles. The van der Waals surface area contributed by atoms with Crippen molar-refractivity contribution in [1.82, 2.24) is 0 Å². The summed E-state index contributed by atoms with van der Waals surface area (Å²) >= 11 is 0. The van der Waals surface area contributed by atoms with Gasteiger partial charge in [-0.2, -0.15) is 0 Å². The van der Waals surface area contributed by atoms with E-state index in [1.165, 1.54) is 5.57 Å². The molecule has 0 aromatic heterocycles. The van der Waals surface area contributed by atoms with Crippen LogP contribution in [-0.4, -0.2) is 24.1 Å². The molecule has 112 valence electrons. The highest BCUT2D eigenvalue weighted by atomic mass is 16.3. The predicted octanol–water partition coefficient (Wildman–Crippen LogP) is 2.85. The van der Waals surface area contributed by atoms with Crippen LogP contribution in [0.25, 0.3) is 0 Å². The number of hydrogen-bond acceptors (Lipinski definition) is 3. The van der Waals surface area contributed by atoms with Gasteiger partial charge >= 0.3 is 0 Å². The summed E-state index contributed by atoms with van der Waals surface area (Å²) in [4.78, 5) is 13.8. The van der Waals surface area contributed by atoms with E-state index in [-0.39, 0.29) is 11.3 Å². The van der Waals surface area contributed by atoms with E-state index in [0.717, 1.165) is 30.9 Å². The van der Waals surface area contributed by atoms with Crippen LogP contribution in [0.15, 0.2) is 29.8 Å². The van der Waals surface area contributed by atoms with Crippen LogP contribution in [0, 0.1) is 5.41 Å². The molecule has 2 heterocycles.